The van der Waals surface area contributed by atoms with Crippen molar-refractivity contribution < 1.29 is 23.8 Å². The fourth-order valence-corrected chi connectivity index (χ4v) is 3.78. The molecule has 1 aliphatic heterocycles. The molecular formula is C24H30N2O5. The molecule has 0 spiro atoms. The molecular weight excluding hydrogens is 396 g/mol. The van der Waals surface area contributed by atoms with E-state index in [0.717, 1.165) is 16.7 Å². The van der Waals surface area contributed by atoms with Crippen LogP contribution < -0.4 is 14.8 Å². The molecule has 3 rings (SSSR count). The molecule has 2 aromatic carbocycles. The number of benzene rings is 2. The quantitative estimate of drug-likeness (QED) is 0.660. The van der Waals surface area contributed by atoms with Gasteiger partial charge in [-0.25, -0.2) is 4.79 Å². The highest BCUT2D eigenvalue weighted by molar-refractivity contribution is 5.90. The van der Waals surface area contributed by atoms with Crippen molar-refractivity contribution in [3.8, 4) is 11.5 Å². The van der Waals surface area contributed by atoms with Gasteiger partial charge in [-0.1, -0.05) is 17.7 Å². The average Bonchev–Trinajstić information content (AvgIpc) is 2.76. The summed E-state index contributed by atoms with van der Waals surface area (Å²) in [5.41, 5.74) is 3.74. The summed E-state index contributed by atoms with van der Waals surface area (Å²) < 4.78 is 16.4. The molecule has 1 aliphatic rings. The van der Waals surface area contributed by atoms with E-state index in [4.69, 9.17) is 14.2 Å². The van der Waals surface area contributed by atoms with Crippen molar-refractivity contribution >= 4 is 17.7 Å². The fraction of sp³-hybridized carbons (Fsp3) is 0.417. The second-order valence-corrected chi connectivity index (χ2v) is 7.40. The van der Waals surface area contributed by atoms with E-state index in [1.807, 2.05) is 57.2 Å². The molecule has 0 aromatic heterocycles. The van der Waals surface area contributed by atoms with Crippen molar-refractivity contribution in [3.63, 3.8) is 0 Å². The van der Waals surface area contributed by atoms with E-state index in [9.17, 15) is 9.59 Å². The number of carbonyl (C=O) groups is 2. The minimum atomic E-state index is -0.462. The Morgan fingerprint density at radius 2 is 1.71 bits per heavy atom. The maximum atomic E-state index is 13.1. The van der Waals surface area contributed by atoms with Gasteiger partial charge in [-0.3, -0.25) is 4.79 Å². The van der Waals surface area contributed by atoms with Crippen molar-refractivity contribution in [3.05, 3.63) is 53.1 Å². The molecule has 1 heterocycles. The van der Waals surface area contributed by atoms with E-state index >= 15 is 0 Å². The summed E-state index contributed by atoms with van der Waals surface area (Å²) in [6.45, 7) is 7.31. The zero-order valence-corrected chi connectivity index (χ0v) is 18.6. The first-order chi connectivity index (χ1) is 15.0. The number of fused-ring (bicyclic) bond motifs is 1. The Hall–Kier alpha value is -3.22. The zero-order valence-electron chi connectivity index (χ0n) is 18.6. The second kappa shape index (κ2) is 10.2. The van der Waals surface area contributed by atoms with Gasteiger partial charge in [0, 0.05) is 12.2 Å². The van der Waals surface area contributed by atoms with Gasteiger partial charge in [0.1, 0.15) is 0 Å². The number of hydrogen-bond acceptors (Lipinski definition) is 5. The fourth-order valence-electron chi connectivity index (χ4n) is 3.78. The first-order valence-corrected chi connectivity index (χ1v) is 10.6. The minimum absolute atomic E-state index is 0.0599. The number of anilines is 1. The molecule has 0 bridgehead atoms. The molecule has 1 unspecified atom stereocenters. The normalized spacial score (nSPS) is 15.1. The van der Waals surface area contributed by atoms with Crippen LogP contribution in [0.4, 0.5) is 10.5 Å². The van der Waals surface area contributed by atoms with Crippen molar-refractivity contribution in [1.29, 1.82) is 0 Å². The number of nitrogens with one attached hydrogen (secondary N) is 1. The van der Waals surface area contributed by atoms with Gasteiger partial charge in [-0.15, -0.1) is 0 Å². The molecule has 0 radical (unpaired) electrons. The van der Waals surface area contributed by atoms with Crippen LogP contribution in [0.2, 0.25) is 0 Å². The van der Waals surface area contributed by atoms with Crippen LogP contribution in [0.1, 0.15) is 43.0 Å². The largest absolute Gasteiger partial charge is 0.490 e. The van der Waals surface area contributed by atoms with Crippen molar-refractivity contribution in [2.45, 2.75) is 39.7 Å². The highest BCUT2D eigenvalue weighted by atomic mass is 16.5. The van der Waals surface area contributed by atoms with E-state index in [2.05, 4.69) is 5.32 Å². The van der Waals surface area contributed by atoms with Crippen LogP contribution in [0.25, 0.3) is 0 Å². The van der Waals surface area contributed by atoms with E-state index in [-0.39, 0.29) is 18.4 Å². The smallest absolute Gasteiger partial charge is 0.322 e. The van der Waals surface area contributed by atoms with Gasteiger partial charge >= 0.3 is 12.0 Å². The Morgan fingerprint density at radius 3 is 2.32 bits per heavy atom. The maximum Gasteiger partial charge on any atom is 0.322 e. The monoisotopic (exact) mass is 426 g/mol. The predicted octanol–water partition coefficient (Wildman–Crippen LogP) is 4.49. The van der Waals surface area contributed by atoms with Crippen LogP contribution in [0, 0.1) is 6.92 Å². The standard InChI is InChI=1S/C24H30N2O5/c1-5-30-21-13-17-11-12-26(24(28)25-18-9-7-16(3)8-10-18)20(15-23(27)29-4)19(17)14-22(21)31-6-2/h7-10,13-14,20H,5-6,11-12,15H2,1-4H3,(H,25,28). The molecule has 0 saturated carbocycles. The van der Waals surface area contributed by atoms with Crippen LogP contribution >= 0.6 is 0 Å². The van der Waals surface area contributed by atoms with Gasteiger partial charge in [0.05, 0.1) is 32.8 Å². The molecule has 0 saturated heterocycles. The SMILES string of the molecule is CCOc1cc2c(cc1OCC)C(CC(=O)OC)N(C(=O)Nc1ccc(C)cc1)CC2. The van der Waals surface area contributed by atoms with Crippen LogP contribution in [-0.4, -0.2) is 43.8 Å². The van der Waals surface area contributed by atoms with Crippen LogP contribution in [0.5, 0.6) is 11.5 Å². The van der Waals surface area contributed by atoms with Gasteiger partial charge in [0.25, 0.3) is 0 Å². The van der Waals surface area contributed by atoms with Crippen LogP contribution in [-0.2, 0) is 16.0 Å². The summed E-state index contributed by atoms with van der Waals surface area (Å²) in [6.07, 6.45) is 0.713. The third kappa shape index (κ3) is 5.29. The van der Waals surface area contributed by atoms with Gasteiger partial charge in [0.15, 0.2) is 11.5 Å². The second-order valence-electron chi connectivity index (χ2n) is 7.40. The van der Waals surface area contributed by atoms with Crippen LogP contribution in [0.3, 0.4) is 0 Å². The van der Waals surface area contributed by atoms with E-state index < -0.39 is 6.04 Å². The average molecular weight is 427 g/mol. The Balaban J connectivity index is 1.94. The van der Waals surface area contributed by atoms with Crippen molar-refractivity contribution in [2.75, 3.05) is 32.2 Å². The van der Waals surface area contributed by atoms with Gasteiger partial charge in [-0.2, -0.15) is 0 Å². The molecule has 1 N–H and O–H groups in total. The summed E-state index contributed by atoms with van der Waals surface area (Å²) >= 11 is 0. The Morgan fingerprint density at radius 1 is 1.06 bits per heavy atom. The first-order valence-electron chi connectivity index (χ1n) is 10.6. The first kappa shape index (κ1) is 22.5. The molecule has 0 fully saturated rings. The molecule has 166 valence electrons. The Kier molecular flexibility index (Phi) is 7.39. The topological polar surface area (TPSA) is 77.1 Å². The third-order valence-corrected chi connectivity index (χ3v) is 5.31. The molecule has 0 aliphatic carbocycles. The minimum Gasteiger partial charge on any atom is -0.490 e. The highest BCUT2D eigenvalue weighted by Crippen LogP contribution is 2.40. The number of hydrogen-bond donors (Lipinski definition) is 1. The lowest BCUT2D eigenvalue weighted by molar-refractivity contribution is -0.141. The lowest BCUT2D eigenvalue weighted by Crippen LogP contribution is -2.43. The van der Waals surface area contributed by atoms with Crippen molar-refractivity contribution in [2.24, 2.45) is 0 Å². The van der Waals surface area contributed by atoms with Crippen molar-refractivity contribution in [1.82, 2.24) is 4.90 Å². The number of esters is 1. The summed E-state index contributed by atoms with van der Waals surface area (Å²) in [5.74, 6) is 0.911. The molecule has 7 nitrogen and oxygen atoms in total. The number of ether oxygens (including phenoxy) is 3. The maximum absolute atomic E-state index is 13.1. The summed E-state index contributed by atoms with van der Waals surface area (Å²) in [6, 6.07) is 10.7. The van der Waals surface area contributed by atoms with Crippen LogP contribution in [0.15, 0.2) is 36.4 Å². The lowest BCUT2D eigenvalue weighted by atomic mass is 9.90. The summed E-state index contributed by atoms with van der Waals surface area (Å²) in [7, 11) is 1.35. The van der Waals surface area contributed by atoms with Gasteiger partial charge < -0.3 is 24.4 Å². The number of nitrogens with zero attached hydrogens (tertiary/aromatic N) is 1. The lowest BCUT2D eigenvalue weighted by Gasteiger charge is -2.37. The molecule has 31 heavy (non-hydrogen) atoms. The third-order valence-electron chi connectivity index (χ3n) is 5.31. The van der Waals surface area contributed by atoms with E-state index in [0.29, 0.717) is 43.4 Å². The van der Waals surface area contributed by atoms with E-state index in [1.54, 1.807) is 4.90 Å². The number of aryl methyl sites for hydroxylation is 1. The number of carbonyl (C=O) groups excluding carboxylic acids is 2. The Labute approximate surface area is 183 Å². The molecule has 1 atom stereocenters. The summed E-state index contributed by atoms with van der Waals surface area (Å²) in [4.78, 5) is 27.0. The molecule has 2 amide bonds. The van der Waals surface area contributed by atoms with Gasteiger partial charge in [-0.05, 0) is 62.6 Å². The number of urea groups is 1. The van der Waals surface area contributed by atoms with E-state index in [1.165, 1.54) is 7.11 Å². The molecule has 7 heteroatoms. The zero-order chi connectivity index (χ0) is 22.4. The Bertz CT molecular complexity index is 926. The number of methoxy groups -OCH3 is 1. The predicted molar refractivity (Wildman–Crippen MR) is 119 cm³/mol. The number of rotatable bonds is 7. The van der Waals surface area contributed by atoms with Gasteiger partial charge in [0.2, 0.25) is 0 Å². The summed E-state index contributed by atoms with van der Waals surface area (Å²) in [5, 5.41) is 2.94. The molecule has 2 aromatic rings. The highest BCUT2D eigenvalue weighted by Gasteiger charge is 2.34. The number of amides is 2.